The molecule has 0 atom stereocenters. The van der Waals surface area contributed by atoms with E-state index in [0.29, 0.717) is 10.9 Å². The Morgan fingerprint density at radius 2 is 1.90 bits per heavy atom. The van der Waals surface area contributed by atoms with E-state index in [0.717, 1.165) is 42.4 Å². The predicted octanol–water partition coefficient (Wildman–Crippen LogP) is 3.43. The van der Waals surface area contributed by atoms with Gasteiger partial charge in [-0.25, -0.2) is 0 Å². The number of aromatic nitrogens is 1. The van der Waals surface area contributed by atoms with E-state index in [1.165, 1.54) is 12.1 Å². The second-order valence-electron chi connectivity index (χ2n) is 4.92. The Morgan fingerprint density at radius 3 is 2.57 bits per heavy atom. The number of hydrogen-bond donors (Lipinski definition) is 1. The Bertz CT molecular complexity index is 666. The van der Waals surface area contributed by atoms with Crippen LogP contribution in [0, 0.1) is 0 Å². The third-order valence-corrected chi connectivity index (χ3v) is 4.14. The zero-order valence-electron chi connectivity index (χ0n) is 11.0. The summed E-state index contributed by atoms with van der Waals surface area (Å²) >= 11 is 3.42. The van der Waals surface area contributed by atoms with E-state index < -0.39 is 11.7 Å². The third-order valence-electron chi connectivity index (χ3n) is 3.56. The van der Waals surface area contributed by atoms with E-state index in [2.05, 4.69) is 31.1 Å². The van der Waals surface area contributed by atoms with Crippen LogP contribution in [0.15, 0.2) is 28.9 Å². The summed E-state index contributed by atoms with van der Waals surface area (Å²) in [6.07, 6.45) is -2.70. The number of hydrogen-bond acceptors (Lipinski definition) is 3. The van der Waals surface area contributed by atoms with Gasteiger partial charge in [0.1, 0.15) is 0 Å². The van der Waals surface area contributed by atoms with Gasteiger partial charge in [0.05, 0.1) is 21.2 Å². The monoisotopic (exact) mass is 359 g/mol. The zero-order valence-corrected chi connectivity index (χ0v) is 12.6. The van der Waals surface area contributed by atoms with Crippen molar-refractivity contribution >= 4 is 32.5 Å². The molecular weight excluding hydrogens is 347 g/mol. The minimum Gasteiger partial charge on any atom is -0.367 e. The molecule has 0 spiro atoms. The summed E-state index contributed by atoms with van der Waals surface area (Å²) in [5, 5.41) is 3.76. The quantitative estimate of drug-likeness (QED) is 0.845. The number of anilines is 1. The molecule has 112 valence electrons. The first kappa shape index (κ1) is 14.6. The first-order chi connectivity index (χ1) is 9.97. The molecule has 1 saturated heterocycles. The normalized spacial score (nSPS) is 16.5. The van der Waals surface area contributed by atoms with Gasteiger partial charge >= 0.3 is 6.18 Å². The molecule has 0 bridgehead atoms. The Balaban J connectivity index is 2.18. The molecule has 2 heterocycles. The van der Waals surface area contributed by atoms with Crippen LogP contribution < -0.4 is 10.2 Å². The van der Waals surface area contributed by atoms with Crippen molar-refractivity contribution in [3.63, 3.8) is 0 Å². The van der Waals surface area contributed by atoms with Crippen LogP contribution in [0.4, 0.5) is 18.9 Å². The number of fused-ring (bicyclic) bond motifs is 1. The highest BCUT2D eigenvalue weighted by molar-refractivity contribution is 9.10. The van der Waals surface area contributed by atoms with Crippen molar-refractivity contribution in [3.8, 4) is 0 Å². The van der Waals surface area contributed by atoms with Crippen LogP contribution in [0.1, 0.15) is 5.56 Å². The Kier molecular flexibility index (Phi) is 3.79. The van der Waals surface area contributed by atoms with Gasteiger partial charge in [0, 0.05) is 37.8 Å². The van der Waals surface area contributed by atoms with Gasteiger partial charge in [-0.1, -0.05) is 0 Å². The fraction of sp³-hybridized carbons (Fsp3) is 0.357. The summed E-state index contributed by atoms with van der Waals surface area (Å²) < 4.78 is 39.5. The van der Waals surface area contributed by atoms with E-state index in [9.17, 15) is 13.2 Å². The van der Waals surface area contributed by atoms with E-state index >= 15 is 0 Å². The largest absolute Gasteiger partial charge is 0.416 e. The molecule has 7 heteroatoms. The Labute approximate surface area is 128 Å². The molecule has 0 aliphatic carbocycles. The topological polar surface area (TPSA) is 28.2 Å². The first-order valence-corrected chi connectivity index (χ1v) is 7.37. The molecule has 1 aromatic carbocycles. The van der Waals surface area contributed by atoms with Crippen molar-refractivity contribution in [3.05, 3.63) is 34.4 Å². The Morgan fingerprint density at radius 1 is 1.19 bits per heavy atom. The molecule has 0 unspecified atom stereocenters. The van der Waals surface area contributed by atoms with Crippen molar-refractivity contribution in [1.82, 2.24) is 10.3 Å². The summed E-state index contributed by atoms with van der Waals surface area (Å²) in [5.41, 5.74) is 0.707. The average molecular weight is 360 g/mol. The second kappa shape index (κ2) is 5.46. The van der Waals surface area contributed by atoms with Gasteiger partial charge in [-0.15, -0.1) is 0 Å². The van der Waals surface area contributed by atoms with Crippen LogP contribution in [-0.2, 0) is 6.18 Å². The highest BCUT2D eigenvalue weighted by atomic mass is 79.9. The van der Waals surface area contributed by atoms with E-state index in [1.807, 2.05) is 0 Å². The maximum atomic E-state index is 12.9. The van der Waals surface area contributed by atoms with E-state index in [1.54, 1.807) is 6.20 Å². The number of nitrogens with zero attached hydrogens (tertiary/aromatic N) is 2. The van der Waals surface area contributed by atoms with E-state index in [4.69, 9.17) is 0 Å². The lowest BCUT2D eigenvalue weighted by Gasteiger charge is -2.31. The minimum absolute atomic E-state index is 0.529. The molecule has 3 rings (SSSR count). The number of alkyl halides is 3. The van der Waals surface area contributed by atoms with Crippen molar-refractivity contribution in [2.75, 3.05) is 31.1 Å². The van der Waals surface area contributed by atoms with Crippen molar-refractivity contribution in [2.45, 2.75) is 6.18 Å². The van der Waals surface area contributed by atoms with Gasteiger partial charge in [0.15, 0.2) is 0 Å². The van der Waals surface area contributed by atoms with Crippen LogP contribution >= 0.6 is 15.9 Å². The van der Waals surface area contributed by atoms with Crippen LogP contribution in [-0.4, -0.2) is 31.2 Å². The summed E-state index contributed by atoms with van der Waals surface area (Å²) in [6, 6.07) is 3.69. The van der Waals surface area contributed by atoms with Gasteiger partial charge in [-0.3, -0.25) is 4.98 Å². The minimum atomic E-state index is -4.35. The number of pyridine rings is 1. The standard InChI is InChI=1S/C14H13BrF3N3/c15-11-8-20-12-2-1-9(14(16,17)18)7-10(12)13(11)21-5-3-19-4-6-21/h1-2,7-8,19H,3-6H2. The van der Waals surface area contributed by atoms with Crippen LogP contribution in [0.25, 0.3) is 10.9 Å². The molecule has 2 aromatic rings. The molecule has 3 nitrogen and oxygen atoms in total. The first-order valence-electron chi connectivity index (χ1n) is 6.58. The fourth-order valence-corrected chi connectivity index (χ4v) is 3.11. The van der Waals surface area contributed by atoms with Crippen LogP contribution in [0.3, 0.4) is 0 Å². The highest BCUT2D eigenvalue weighted by Crippen LogP contribution is 2.37. The maximum Gasteiger partial charge on any atom is 0.416 e. The smallest absolute Gasteiger partial charge is 0.367 e. The zero-order chi connectivity index (χ0) is 15.0. The van der Waals surface area contributed by atoms with E-state index in [-0.39, 0.29) is 0 Å². The number of halogens is 4. The molecule has 1 aliphatic rings. The third kappa shape index (κ3) is 2.85. The molecule has 1 fully saturated rings. The molecule has 1 N–H and O–H groups in total. The fourth-order valence-electron chi connectivity index (χ4n) is 2.54. The summed E-state index contributed by atoms with van der Waals surface area (Å²) in [7, 11) is 0. The maximum absolute atomic E-state index is 12.9. The molecule has 0 saturated carbocycles. The lowest BCUT2D eigenvalue weighted by atomic mass is 10.1. The lowest BCUT2D eigenvalue weighted by Crippen LogP contribution is -2.43. The summed E-state index contributed by atoms with van der Waals surface area (Å²) in [4.78, 5) is 6.29. The van der Waals surface area contributed by atoms with Gasteiger partial charge in [0.2, 0.25) is 0 Å². The average Bonchev–Trinajstić information content (AvgIpc) is 2.46. The molecule has 1 aliphatic heterocycles. The predicted molar refractivity (Wildman–Crippen MR) is 79.5 cm³/mol. The molecule has 0 radical (unpaired) electrons. The lowest BCUT2D eigenvalue weighted by molar-refractivity contribution is -0.137. The van der Waals surface area contributed by atoms with Gasteiger partial charge in [-0.2, -0.15) is 13.2 Å². The van der Waals surface area contributed by atoms with Crippen LogP contribution in [0.2, 0.25) is 0 Å². The van der Waals surface area contributed by atoms with Crippen molar-refractivity contribution in [1.29, 1.82) is 0 Å². The van der Waals surface area contributed by atoms with Crippen molar-refractivity contribution in [2.24, 2.45) is 0 Å². The molecular formula is C14H13BrF3N3. The molecule has 1 aromatic heterocycles. The van der Waals surface area contributed by atoms with Crippen molar-refractivity contribution < 1.29 is 13.2 Å². The summed E-state index contributed by atoms with van der Waals surface area (Å²) in [6.45, 7) is 3.15. The molecule has 0 amide bonds. The van der Waals surface area contributed by atoms with Gasteiger partial charge in [0.25, 0.3) is 0 Å². The number of rotatable bonds is 1. The number of piperazine rings is 1. The Hall–Kier alpha value is -1.34. The van der Waals surface area contributed by atoms with Gasteiger partial charge in [-0.05, 0) is 34.1 Å². The highest BCUT2D eigenvalue weighted by Gasteiger charge is 2.31. The summed E-state index contributed by atoms with van der Waals surface area (Å²) in [5.74, 6) is 0. The molecule has 21 heavy (non-hydrogen) atoms. The number of nitrogens with one attached hydrogen (secondary N) is 1. The second-order valence-corrected chi connectivity index (χ2v) is 5.78. The SMILES string of the molecule is FC(F)(F)c1ccc2ncc(Br)c(N3CCNCC3)c2c1. The van der Waals surface area contributed by atoms with Crippen LogP contribution in [0.5, 0.6) is 0 Å². The van der Waals surface area contributed by atoms with Gasteiger partial charge < -0.3 is 10.2 Å². The number of benzene rings is 1.